The molecule has 1 heterocycles. The molecule has 19 heavy (non-hydrogen) atoms. The maximum Gasteiger partial charge on any atom is 0.269 e. The molecule has 5 nitrogen and oxygen atoms in total. The molecule has 1 saturated heterocycles. The molecule has 1 aromatic rings. The van der Waals surface area contributed by atoms with Crippen molar-refractivity contribution in [2.45, 2.75) is 12.8 Å². The average Bonchev–Trinajstić information content (AvgIpc) is 2.41. The number of benzene rings is 1. The van der Waals surface area contributed by atoms with Crippen LogP contribution < -0.4 is 0 Å². The molecule has 1 fully saturated rings. The highest BCUT2D eigenvalue weighted by atomic mass is 16.6. The summed E-state index contributed by atoms with van der Waals surface area (Å²) >= 11 is 0. The minimum Gasteiger partial charge on any atom is -0.304 e. The number of nitro groups is 1. The predicted molar refractivity (Wildman–Crippen MR) is 75.4 cm³/mol. The van der Waals surface area contributed by atoms with Crippen LogP contribution in [0.1, 0.15) is 12.0 Å². The third-order valence-corrected chi connectivity index (χ3v) is 3.66. The van der Waals surface area contributed by atoms with Crippen molar-refractivity contribution in [3.63, 3.8) is 0 Å². The largest absolute Gasteiger partial charge is 0.304 e. The van der Waals surface area contributed by atoms with Crippen LogP contribution in [0, 0.1) is 10.1 Å². The summed E-state index contributed by atoms with van der Waals surface area (Å²) in [6, 6.07) is 6.97. The molecule has 0 amide bonds. The third-order valence-electron chi connectivity index (χ3n) is 3.66. The van der Waals surface area contributed by atoms with Gasteiger partial charge in [0.15, 0.2) is 0 Å². The summed E-state index contributed by atoms with van der Waals surface area (Å²) in [4.78, 5) is 15.2. The summed E-state index contributed by atoms with van der Waals surface area (Å²) in [5.74, 6) is 0. The number of nitrogens with zero attached hydrogens (tertiary/aromatic N) is 3. The number of non-ortho nitro benzene ring substituents is 1. The monoisotopic (exact) mass is 263 g/mol. The standard InChI is InChI=1S/C14H21N3O2/c1-15-8-10-16(11-9-15)7-3-5-13-4-2-6-14(12-13)17(18)19/h2,4,6,12H,3,5,7-11H2,1H3. The van der Waals surface area contributed by atoms with Crippen molar-refractivity contribution in [1.82, 2.24) is 9.80 Å². The van der Waals surface area contributed by atoms with Gasteiger partial charge in [-0.3, -0.25) is 10.1 Å². The Morgan fingerprint density at radius 2 is 2.00 bits per heavy atom. The highest BCUT2D eigenvalue weighted by molar-refractivity contribution is 5.34. The average molecular weight is 263 g/mol. The van der Waals surface area contributed by atoms with E-state index in [0.717, 1.165) is 51.1 Å². The van der Waals surface area contributed by atoms with E-state index in [-0.39, 0.29) is 10.6 Å². The van der Waals surface area contributed by atoms with Gasteiger partial charge in [-0.05, 0) is 32.0 Å². The molecular weight excluding hydrogens is 242 g/mol. The first-order valence-corrected chi connectivity index (χ1v) is 6.79. The fourth-order valence-corrected chi connectivity index (χ4v) is 2.40. The maximum atomic E-state index is 10.7. The van der Waals surface area contributed by atoms with Crippen molar-refractivity contribution < 1.29 is 4.92 Å². The fraction of sp³-hybridized carbons (Fsp3) is 0.571. The number of hydrogen-bond acceptors (Lipinski definition) is 4. The maximum absolute atomic E-state index is 10.7. The fourth-order valence-electron chi connectivity index (χ4n) is 2.40. The van der Waals surface area contributed by atoms with Gasteiger partial charge in [-0.2, -0.15) is 0 Å². The van der Waals surface area contributed by atoms with E-state index in [4.69, 9.17) is 0 Å². The molecule has 0 N–H and O–H groups in total. The van der Waals surface area contributed by atoms with Gasteiger partial charge in [0.05, 0.1) is 4.92 Å². The number of rotatable bonds is 5. The molecule has 1 aliphatic heterocycles. The zero-order valence-corrected chi connectivity index (χ0v) is 11.4. The first-order valence-electron chi connectivity index (χ1n) is 6.79. The summed E-state index contributed by atoms with van der Waals surface area (Å²) in [6.07, 6.45) is 1.97. The summed E-state index contributed by atoms with van der Waals surface area (Å²) in [5.41, 5.74) is 1.25. The van der Waals surface area contributed by atoms with Crippen LogP contribution in [0.3, 0.4) is 0 Å². The lowest BCUT2D eigenvalue weighted by Gasteiger charge is -2.32. The molecule has 0 unspecified atom stereocenters. The molecule has 0 saturated carbocycles. The Labute approximate surface area is 114 Å². The van der Waals surface area contributed by atoms with Crippen LogP contribution in [-0.4, -0.2) is 54.5 Å². The Morgan fingerprint density at radius 1 is 1.26 bits per heavy atom. The molecule has 0 aliphatic carbocycles. The van der Waals surface area contributed by atoms with Gasteiger partial charge in [-0.1, -0.05) is 12.1 Å². The molecular formula is C14H21N3O2. The molecule has 0 spiro atoms. The summed E-state index contributed by atoms with van der Waals surface area (Å²) in [5, 5.41) is 10.7. The second kappa shape index (κ2) is 6.63. The highest BCUT2D eigenvalue weighted by Gasteiger charge is 2.13. The number of hydrogen-bond donors (Lipinski definition) is 0. The molecule has 2 rings (SSSR count). The van der Waals surface area contributed by atoms with E-state index >= 15 is 0 Å². The van der Waals surface area contributed by atoms with Gasteiger partial charge in [-0.15, -0.1) is 0 Å². The number of nitro benzene ring substituents is 1. The van der Waals surface area contributed by atoms with Gasteiger partial charge in [-0.25, -0.2) is 0 Å². The molecule has 0 bridgehead atoms. The molecule has 0 atom stereocenters. The van der Waals surface area contributed by atoms with E-state index in [0.29, 0.717) is 0 Å². The van der Waals surface area contributed by atoms with Crippen LogP contribution in [0.25, 0.3) is 0 Å². The normalized spacial score (nSPS) is 17.5. The quantitative estimate of drug-likeness (QED) is 0.600. The lowest BCUT2D eigenvalue weighted by atomic mass is 10.1. The first kappa shape index (κ1) is 14.0. The second-order valence-electron chi connectivity index (χ2n) is 5.18. The van der Waals surface area contributed by atoms with Gasteiger partial charge in [0, 0.05) is 38.3 Å². The Hall–Kier alpha value is -1.46. The van der Waals surface area contributed by atoms with Crippen LogP contribution in [0.4, 0.5) is 5.69 Å². The van der Waals surface area contributed by atoms with E-state index in [1.54, 1.807) is 18.2 Å². The van der Waals surface area contributed by atoms with E-state index in [1.807, 2.05) is 6.07 Å². The Balaban J connectivity index is 1.76. The number of piperazine rings is 1. The van der Waals surface area contributed by atoms with Crippen LogP contribution in [0.15, 0.2) is 24.3 Å². The predicted octanol–water partition coefficient (Wildman–Crippen LogP) is 1.77. The zero-order valence-electron chi connectivity index (χ0n) is 11.4. The first-order chi connectivity index (χ1) is 9.15. The van der Waals surface area contributed by atoms with E-state index in [2.05, 4.69) is 16.8 Å². The number of likely N-dealkylation sites (N-methyl/N-ethyl adjacent to an activating group) is 1. The summed E-state index contributed by atoms with van der Waals surface area (Å²) < 4.78 is 0. The van der Waals surface area contributed by atoms with Gasteiger partial charge in [0.1, 0.15) is 0 Å². The van der Waals surface area contributed by atoms with Crippen LogP contribution in [-0.2, 0) is 6.42 Å². The Bertz CT molecular complexity index is 428. The minimum absolute atomic E-state index is 0.192. The SMILES string of the molecule is CN1CCN(CCCc2cccc([N+](=O)[O-])c2)CC1. The second-order valence-corrected chi connectivity index (χ2v) is 5.18. The molecule has 104 valence electrons. The van der Waals surface area contributed by atoms with E-state index in [1.165, 1.54) is 0 Å². The molecule has 0 radical (unpaired) electrons. The van der Waals surface area contributed by atoms with Crippen LogP contribution >= 0.6 is 0 Å². The van der Waals surface area contributed by atoms with Crippen LogP contribution in [0.5, 0.6) is 0 Å². The third kappa shape index (κ3) is 4.29. The highest BCUT2D eigenvalue weighted by Crippen LogP contribution is 2.14. The summed E-state index contributed by atoms with van der Waals surface area (Å²) in [6.45, 7) is 5.61. The van der Waals surface area contributed by atoms with Crippen molar-refractivity contribution in [1.29, 1.82) is 0 Å². The lowest BCUT2D eigenvalue weighted by molar-refractivity contribution is -0.384. The minimum atomic E-state index is -0.329. The van der Waals surface area contributed by atoms with E-state index < -0.39 is 0 Å². The van der Waals surface area contributed by atoms with Gasteiger partial charge in [0.25, 0.3) is 5.69 Å². The van der Waals surface area contributed by atoms with Crippen molar-refractivity contribution >= 4 is 5.69 Å². The number of aryl methyl sites for hydroxylation is 1. The summed E-state index contributed by atoms with van der Waals surface area (Å²) in [7, 11) is 2.15. The topological polar surface area (TPSA) is 49.6 Å². The van der Waals surface area contributed by atoms with Gasteiger partial charge >= 0.3 is 0 Å². The smallest absolute Gasteiger partial charge is 0.269 e. The van der Waals surface area contributed by atoms with Crippen molar-refractivity contribution in [3.05, 3.63) is 39.9 Å². The lowest BCUT2D eigenvalue weighted by Crippen LogP contribution is -2.44. The zero-order chi connectivity index (χ0) is 13.7. The van der Waals surface area contributed by atoms with Gasteiger partial charge < -0.3 is 9.80 Å². The Kier molecular flexibility index (Phi) is 4.87. The molecule has 0 aromatic heterocycles. The Morgan fingerprint density at radius 3 is 2.68 bits per heavy atom. The van der Waals surface area contributed by atoms with Crippen molar-refractivity contribution in [3.8, 4) is 0 Å². The van der Waals surface area contributed by atoms with Crippen LogP contribution in [0.2, 0.25) is 0 Å². The van der Waals surface area contributed by atoms with Crippen molar-refractivity contribution in [2.75, 3.05) is 39.8 Å². The van der Waals surface area contributed by atoms with Crippen molar-refractivity contribution in [2.24, 2.45) is 0 Å². The van der Waals surface area contributed by atoms with Gasteiger partial charge in [0.2, 0.25) is 0 Å². The van der Waals surface area contributed by atoms with E-state index in [9.17, 15) is 10.1 Å². The molecule has 1 aliphatic rings. The molecule has 5 heteroatoms. The molecule has 1 aromatic carbocycles.